The van der Waals surface area contributed by atoms with E-state index in [0.29, 0.717) is 30.3 Å². The monoisotopic (exact) mass is 242 g/mol. The van der Waals surface area contributed by atoms with Crippen LogP contribution in [0, 0.1) is 0 Å². The minimum Gasteiger partial charge on any atom is -0.495 e. The molecule has 0 saturated heterocycles. The van der Waals surface area contributed by atoms with E-state index in [9.17, 15) is 0 Å². The van der Waals surface area contributed by atoms with E-state index in [1.165, 1.54) is 7.11 Å². The van der Waals surface area contributed by atoms with Crippen molar-refractivity contribution in [2.45, 2.75) is 6.61 Å². The molecular formula is C11H18N2O4. The molecule has 0 amide bonds. The van der Waals surface area contributed by atoms with Crippen LogP contribution in [0.4, 0.5) is 0 Å². The Kier molecular flexibility index (Phi) is 5.68. The Balaban J connectivity index is 2.54. The van der Waals surface area contributed by atoms with Crippen LogP contribution >= 0.6 is 0 Å². The first kappa shape index (κ1) is 13.7. The number of aliphatic hydroxyl groups is 1. The number of rotatable bonds is 7. The van der Waals surface area contributed by atoms with Gasteiger partial charge in [-0.3, -0.25) is 4.98 Å². The molecule has 96 valence electrons. The second-order valence-corrected chi connectivity index (χ2v) is 3.36. The maximum Gasteiger partial charge on any atom is 0.146 e. The molecule has 0 aliphatic heterocycles. The predicted molar refractivity (Wildman–Crippen MR) is 61.8 cm³/mol. The topological polar surface area (TPSA) is 64.1 Å². The first-order valence-corrected chi connectivity index (χ1v) is 5.23. The van der Waals surface area contributed by atoms with Crippen molar-refractivity contribution in [3.63, 3.8) is 0 Å². The van der Waals surface area contributed by atoms with Crippen LogP contribution in [0.25, 0.3) is 0 Å². The zero-order valence-electron chi connectivity index (χ0n) is 10.3. The van der Waals surface area contributed by atoms with Crippen LogP contribution in [0.15, 0.2) is 12.3 Å². The van der Waals surface area contributed by atoms with Gasteiger partial charge in [0.25, 0.3) is 0 Å². The van der Waals surface area contributed by atoms with Gasteiger partial charge < -0.3 is 19.4 Å². The number of ether oxygens (including phenoxy) is 2. The lowest BCUT2D eigenvalue weighted by Crippen LogP contribution is -2.23. The Morgan fingerprint density at radius 2 is 2.18 bits per heavy atom. The van der Waals surface area contributed by atoms with Crippen molar-refractivity contribution in [3.8, 4) is 11.5 Å². The van der Waals surface area contributed by atoms with Crippen molar-refractivity contribution in [2.24, 2.45) is 0 Å². The highest BCUT2D eigenvalue weighted by molar-refractivity contribution is 5.34. The molecule has 1 aromatic heterocycles. The van der Waals surface area contributed by atoms with Crippen molar-refractivity contribution >= 4 is 0 Å². The van der Waals surface area contributed by atoms with E-state index < -0.39 is 0 Å². The number of hydroxylamine groups is 2. The Labute approximate surface area is 101 Å². The van der Waals surface area contributed by atoms with Gasteiger partial charge in [0.05, 0.1) is 33.6 Å². The quantitative estimate of drug-likeness (QED) is 0.701. The zero-order valence-corrected chi connectivity index (χ0v) is 10.3. The minimum atomic E-state index is -0.157. The summed E-state index contributed by atoms with van der Waals surface area (Å²) in [7, 11) is 4.94. The second kappa shape index (κ2) is 7.05. The van der Waals surface area contributed by atoms with Crippen molar-refractivity contribution in [1.82, 2.24) is 10.0 Å². The summed E-state index contributed by atoms with van der Waals surface area (Å²) in [4.78, 5) is 8.99. The van der Waals surface area contributed by atoms with E-state index >= 15 is 0 Å². The van der Waals surface area contributed by atoms with E-state index in [2.05, 4.69) is 4.98 Å². The molecule has 1 heterocycles. The van der Waals surface area contributed by atoms with Crippen LogP contribution < -0.4 is 9.47 Å². The van der Waals surface area contributed by atoms with Gasteiger partial charge in [-0.1, -0.05) is 0 Å². The largest absolute Gasteiger partial charge is 0.495 e. The molecule has 0 saturated carbocycles. The fourth-order valence-corrected chi connectivity index (χ4v) is 1.21. The first-order valence-electron chi connectivity index (χ1n) is 5.23. The minimum absolute atomic E-state index is 0.157. The third-order valence-electron chi connectivity index (χ3n) is 2.26. The van der Waals surface area contributed by atoms with Crippen molar-refractivity contribution in [3.05, 3.63) is 18.0 Å². The molecule has 0 radical (unpaired) electrons. The maximum absolute atomic E-state index is 9.01. The standard InChI is InChI=1S/C11H18N2O4/c1-13(16-3)4-5-17-9-6-11(15-2)10(8-14)12-7-9/h6-7,14H,4-5,8H2,1-3H3. The van der Waals surface area contributed by atoms with Crippen molar-refractivity contribution in [1.29, 1.82) is 0 Å². The van der Waals surface area contributed by atoms with Gasteiger partial charge in [-0.15, -0.1) is 0 Å². The van der Waals surface area contributed by atoms with Crippen LogP contribution in [0.5, 0.6) is 11.5 Å². The van der Waals surface area contributed by atoms with Gasteiger partial charge in [0, 0.05) is 13.1 Å². The van der Waals surface area contributed by atoms with Crippen LogP contribution in [0.2, 0.25) is 0 Å². The summed E-state index contributed by atoms with van der Waals surface area (Å²) in [5.41, 5.74) is 0.494. The molecule has 0 spiro atoms. The SMILES string of the molecule is COc1cc(OCCN(C)OC)cnc1CO. The molecule has 0 aliphatic rings. The van der Waals surface area contributed by atoms with Crippen molar-refractivity contribution in [2.75, 3.05) is 34.4 Å². The fraction of sp³-hybridized carbons (Fsp3) is 0.545. The van der Waals surface area contributed by atoms with Crippen molar-refractivity contribution < 1.29 is 19.4 Å². The van der Waals surface area contributed by atoms with Gasteiger partial charge in [-0.25, -0.2) is 0 Å². The van der Waals surface area contributed by atoms with E-state index in [-0.39, 0.29) is 6.61 Å². The van der Waals surface area contributed by atoms with Crippen LogP contribution in [0.1, 0.15) is 5.69 Å². The lowest BCUT2D eigenvalue weighted by molar-refractivity contribution is -0.113. The average molecular weight is 242 g/mol. The molecule has 0 fully saturated rings. The second-order valence-electron chi connectivity index (χ2n) is 3.36. The van der Waals surface area contributed by atoms with Crippen LogP contribution in [-0.2, 0) is 11.4 Å². The summed E-state index contributed by atoms with van der Waals surface area (Å²) in [5, 5.41) is 10.7. The highest BCUT2D eigenvalue weighted by atomic mass is 16.7. The number of nitrogens with zero attached hydrogens (tertiary/aromatic N) is 2. The molecule has 6 heteroatoms. The molecule has 1 rings (SSSR count). The van der Waals surface area contributed by atoms with E-state index in [1.807, 2.05) is 7.05 Å². The van der Waals surface area contributed by atoms with Crippen LogP contribution in [0.3, 0.4) is 0 Å². The molecule has 6 nitrogen and oxygen atoms in total. The summed E-state index contributed by atoms with van der Waals surface area (Å²) in [6.45, 7) is 0.962. The van der Waals surface area contributed by atoms with Gasteiger partial charge in [0.1, 0.15) is 23.8 Å². The molecule has 1 N–H and O–H groups in total. The summed E-state index contributed by atoms with van der Waals surface area (Å²) < 4.78 is 10.6. The average Bonchev–Trinajstić information content (AvgIpc) is 2.38. The van der Waals surface area contributed by atoms with Gasteiger partial charge in [-0.05, 0) is 0 Å². The number of aliphatic hydroxyl groups excluding tert-OH is 1. The fourth-order valence-electron chi connectivity index (χ4n) is 1.21. The van der Waals surface area contributed by atoms with Gasteiger partial charge in [-0.2, -0.15) is 5.06 Å². The summed E-state index contributed by atoms with van der Waals surface area (Å²) in [5.74, 6) is 1.12. The molecule has 1 aromatic rings. The smallest absolute Gasteiger partial charge is 0.146 e. The molecule has 0 bridgehead atoms. The first-order chi connectivity index (χ1) is 8.21. The Morgan fingerprint density at radius 3 is 2.76 bits per heavy atom. The van der Waals surface area contributed by atoms with E-state index in [4.69, 9.17) is 19.4 Å². The summed E-state index contributed by atoms with van der Waals surface area (Å²) in [6.07, 6.45) is 1.56. The number of aromatic nitrogens is 1. The molecular weight excluding hydrogens is 224 g/mol. The number of likely N-dealkylation sites (N-methyl/N-ethyl adjacent to an activating group) is 1. The lowest BCUT2D eigenvalue weighted by atomic mass is 10.3. The third kappa shape index (κ3) is 4.18. The van der Waals surface area contributed by atoms with Gasteiger partial charge >= 0.3 is 0 Å². The Morgan fingerprint density at radius 1 is 1.41 bits per heavy atom. The summed E-state index contributed by atoms with van der Waals surface area (Å²) >= 11 is 0. The highest BCUT2D eigenvalue weighted by Crippen LogP contribution is 2.22. The maximum atomic E-state index is 9.01. The van der Waals surface area contributed by atoms with E-state index in [0.717, 1.165) is 0 Å². The van der Waals surface area contributed by atoms with Gasteiger partial charge in [0.2, 0.25) is 0 Å². The van der Waals surface area contributed by atoms with Gasteiger partial charge in [0.15, 0.2) is 0 Å². The normalized spacial score (nSPS) is 10.6. The Bertz CT molecular complexity index is 346. The number of hydrogen-bond acceptors (Lipinski definition) is 6. The molecule has 0 aliphatic carbocycles. The lowest BCUT2D eigenvalue weighted by Gasteiger charge is -2.14. The predicted octanol–water partition coefficient (Wildman–Crippen LogP) is 0.455. The number of hydrogen-bond donors (Lipinski definition) is 1. The number of methoxy groups -OCH3 is 1. The molecule has 0 atom stereocenters. The molecule has 0 aromatic carbocycles. The Hall–Kier alpha value is -1.37. The summed E-state index contributed by atoms with van der Waals surface area (Å²) in [6, 6.07) is 1.70. The molecule has 17 heavy (non-hydrogen) atoms. The molecule has 0 unspecified atom stereocenters. The van der Waals surface area contributed by atoms with Crippen LogP contribution in [-0.4, -0.2) is 49.6 Å². The highest BCUT2D eigenvalue weighted by Gasteiger charge is 2.06. The third-order valence-corrected chi connectivity index (χ3v) is 2.26. The number of pyridine rings is 1. The zero-order chi connectivity index (χ0) is 12.7. The van der Waals surface area contributed by atoms with E-state index in [1.54, 1.807) is 24.4 Å².